The van der Waals surface area contributed by atoms with Crippen LogP contribution in [-0.2, 0) is 20.9 Å². The SMILES string of the molecule is CC(=O)NCc1ccc(C(=O)COC(=O)C2=Cc3ccccc3OC2)s1. The molecule has 2 heterocycles. The normalized spacial score (nSPS) is 12.4. The van der Waals surface area contributed by atoms with Gasteiger partial charge in [0.25, 0.3) is 0 Å². The number of hydrogen-bond acceptors (Lipinski definition) is 6. The van der Waals surface area contributed by atoms with Crippen LogP contribution in [0.2, 0.25) is 0 Å². The first-order chi connectivity index (χ1) is 12.5. The fourth-order valence-corrected chi connectivity index (χ4v) is 3.23. The molecule has 3 rings (SSSR count). The summed E-state index contributed by atoms with van der Waals surface area (Å²) in [7, 11) is 0. The Hall–Kier alpha value is -2.93. The van der Waals surface area contributed by atoms with Crippen molar-refractivity contribution >= 4 is 35.1 Å². The standard InChI is InChI=1S/C19H17NO5S/c1-12(21)20-9-15-6-7-18(26-15)16(22)11-25-19(23)14-8-13-4-2-3-5-17(13)24-10-14/h2-8H,9-11H2,1H3,(H,20,21). The van der Waals surface area contributed by atoms with E-state index in [1.54, 1.807) is 18.2 Å². The lowest BCUT2D eigenvalue weighted by molar-refractivity contribution is -0.138. The molecule has 1 aliphatic rings. The molecule has 0 fully saturated rings. The molecule has 0 aliphatic carbocycles. The molecule has 0 radical (unpaired) electrons. The van der Waals surface area contributed by atoms with Crippen molar-refractivity contribution in [1.82, 2.24) is 5.32 Å². The molecule has 1 amide bonds. The Kier molecular flexibility index (Phi) is 5.48. The zero-order chi connectivity index (χ0) is 18.5. The first-order valence-corrected chi connectivity index (χ1v) is 8.80. The predicted octanol–water partition coefficient (Wildman–Crippen LogP) is 2.59. The number of ether oxygens (including phenoxy) is 2. The Bertz CT molecular complexity index is 884. The molecule has 0 atom stereocenters. The Morgan fingerprint density at radius 2 is 2.00 bits per heavy atom. The highest BCUT2D eigenvalue weighted by Crippen LogP contribution is 2.26. The lowest BCUT2D eigenvalue weighted by Crippen LogP contribution is -2.20. The van der Waals surface area contributed by atoms with Crippen molar-refractivity contribution in [2.75, 3.05) is 13.2 Å². The van der Waals surface area contributed by atoms with Crippen molar-refractivity contribution in [3.05, 3.63) is 57.3 Å². The zero-order valence-corrected chi connectivity index (χ0v) is 14.9. The minimum atomic E-state index is -0.567. The third kappa shape index (κ3) is 4.37. The first-order valence-electron chi connectivity index (χ1n) is 7.99. The smallest absolute Gasteiger partial charge is 0.337 e. The summed E-state index contributed by atoms with van der Waals surface area (Å²) in [6.45, 7) is 1.58. The summed E-state index contributed by atoms with van der Waals surface area (Å²) < 4.78 is 10.6. The molecule has 1 N–H and O–H groups in total. The molecule has 0 bridgehead atoms. The van der Waals surface area contributed by atoms with E-state index >= 15 is 0 Å². The summed E-state index contributed by atoms with van der Waals surface area (Å²) in [6.07, 6.45) is 1.71. The van der Waals surface area contributed by atoms with E-state index in [2.05, 4.69) is 5.32 Å². The maximum absolute atomic E-state index is 12.2. The van der Waals surface area contributed by atoms with Crippen LogP contribution in [0.3, 0.4) is 0 Å². The molecule has 6 nitrogen and oxygen atoms in total. The predicted molar refractivity (Wildman–Crippen MR) is 97.0 cm³/mol. The van der Waals surface area contributed by atoms with Gasteiger partial charge in [-0.15, -0.1) is 11.3 Å². The number of nitrogens with one attached hydrogen (secondary N) is 1. The quantitative estimate of drug-likeness (QED) is 0.623. The number of carbonyl (C=O) groups is 3. The number of Topliss-reactive ketones (excluding diaryl/α,β-unsaturated/α-hetero) is 1. The first kappa shape index (κ1) is 17.9. The van der Waals surface area contributed by atoms with Gasteiger partial charge in [0.05, 0.1) is 17.0 Å². The Labute approximate surface area is 154 Å². The second kappa shape index (κ2) is 7.97. The summed E-state index contributed by atoms with van der Waals surface area (Å²) in [6, 6.07) is 10.8. The molecule has 1 aromatic heterocycles. The van der Waals surface area contributed by atoms with Crippen LogP contribution in [0.1, 0.15) is 27.0 Å². The molecule has 134 valence electrons. The van der Waals surface area contributed by atoms with E-state index in [9.17, 15) is 14.4 Å². The van der Waals surface area contributed by atoms with Gasteiger partial charge >= 0.3 is 5.97 Å². The van der Waals surface area contributed by atoms with Gasteiger partial charge in [-0.1, -0.05) is 18.2 Å². The molecular weight excluding hydrogens is 354 g/mol. The van der Waals surface area contributed by atoms with Crippen molar-refractivity contribution in [3.8, 4) is 5.75 Å². The average Bonchev–Trinajstić information content (AvgIpc) is 3.13. The molecule has 26 heavy (non-hydrogen) atoms. The maximum atomic E-state index is 12.2. The van der Waals surface area contributed by atoms with E-state index in [4.69, 9.17) is 9.47 Å². The molecular formula is C19H17NO5S. The van der Waals surface area contributed by atoms with Gasteiger partial charge in [-0.25, -0.2) is 4.79 Å². The van der Waals surface area contributed by atoms with Gasteiger partial charge < -0.3 is 14.8 Å². The van der Waals surface area contributed by atoms with Gasteiger partial charge in [-0.05, 0) is 24.3 Å². The number of thiophene rings is 1. The fraction of sp³-hybridized carbons (Fsp3) is 0.211. The number of amides is 1. The Morgan fingerprint density at radius 1 is 1.19 bits per heavy atom. The number of para-hydroxylation sites is 1. The monoisotopic (exact) mass is 371 g/mol. The topological polar surface area (TPSA) is 81.7 Å². The van der Waals surface area contributed by atoms with E-state index in [0.717, 1.165) is 10.4 Å². The van der Waals surface area contributed by atoms with E-state index in [1.807, 2.05) is 24.3 Å². The van der Waals surface area contributed by atoms with E-state index in [0.29, 0.717) is 22.7 Å². The van der Waals surface area contributed by atoms with Crippen LogP contribution in [0.15, 0.2) is 42.0 Å². The van der Waals surface area contributed by atoms with Crippen LogP contribution in [0, 0.1) is 0 Å². The molecule has 0 spiro atoms. The van der Waals surface area contributed by atoms with Crippen LogP contribution in [0.5, 0.6) is 5.75 Å². The van der Waals surface area contributed by atoms with E-state index in [1.165, 1.54) is 18.3 Å². The number of carbonyl (C=O) groups excluding carboxylic acids is 3. The van der Waals surface area contributed by atoms with E-state index < -0.39 is 5.97 Å². The number of benzene rings is 1. The third-order valence-electron chi connectivity index (χ3n) is 3.68. The maximum Gasteiger partial charge on any atom is 0.337 e. The second-order valence-electron chi connectivity index (χ2n) is 5.67. The van der Waals surface area contributed by atoms with Gasteiger partial charge in [-0.3, -0.25) is 9.59 Å². The summed E-state index contributed by atoms with van der Waals surface area (Å²) in [5.74, 6) is -0.270. The molecule has 0 unspecified atom stereocenters. The molecule has 7 heteroatoms. The van der Waals surface area contributed by atoms with Crippen molar-refractivity contribution in [1.29, 1.82) is 0 Å². The minimum Gasteiger partial charge on any atom is -0.488 e. The lowest BCUT2D eigenvalue weighted by Gasteiger charge is -2.16. The molecule has 1 aliphatic heterocycles. The Balaban J connectivity index is 1.56. The van der Waals surface area contributed by atoms with Gasteiger partial charge in [-0.2, -0.15) is 0 Å². The van der Waals surface area contributed by atoms with Crippen LogP contribution in [-0.4, -0.2) is 30.9 Å². The largest absolute Gasteiger partial charge is 0.488 e. The highest BCUT2D eigenvalue weighted by atomic mass is 32.1. The highest BCUT2D eigenvalue weighted by molar-refractivity contribution is 7.14. The van der Waals surface area contributed by atoms with Crippen LogP contribution in [0.4, 0.5) is 0 Å². The van der Waals surface area contributed by atoms with Crippen LogP contribution >= 0.6 is 11.3 Å². The van der Waals surface area contributed by atoms with Gasteiger partial charge in [0.2, 0.25) is 11.7 Å². The van der Waals surface area contributed by atoms with Crippen molar-refractivity contribution in [3.63, 3.8) is 0 Å². The number of hydrogen-bond donors (Lipinski definition) is 1. The van der Waals surface area contributed by atoms with Gasteiger partial charge in [0, 0.05) is 17.4 Å². The van der Waals surface area contributed by atoms with Crippen molar-refractivity contribution in [2.45, 2.75) is 13.5 Å². The van der Waals surface area contributed by atoms with Crippen molar-refractivity contribution in [2.24, 2.45) is 0 Å². The average molecular weight is 371 g/mol. The fourth-order valence-electron chi connectivity index (χ4n) is 2.36. The summed E-state index contributed by atoms with van der Waals surface area (Å²) >= 11 is 1.27. The molecule has 2 aromatic rings. The number of rotatable bonds is 6. The lowest BCUT2D eigenvalue weighted by atomic mass is 10.1. The summed E-state index contributed by atoms with van der Waals surface area (Å²) in [5, 5.41) is 2.67. The highest BCUT2D eigenvalue weighted by Gasteiger charge is 2.20. The second-order valence-corrected chi connectivity index (χ2v) is 6.84. The zero-order valence-electron chi connectivity index (χ0n) is 14.1. The van der Waals surface area contributed by atoms with E-state index in [-0.39, 0.29) is 24.9 Å². The molecule has 0 saturated heterocycles. The van der Waals surface area contributed by atoms with Crippen molar-refractivity contribution < 1.29 is 23.9 Å². The number of ketones is 1. The summed E-state index contributed by atoms with van der Waals surface area (Å²) in [5.41, 5.74) is 1.17. The molecule has 1 aromatic carbocycles. The van der Waals surface area contributed by atoms with Gasteiger partial charge in [0.1, 0.15) is 12.4 Å². The third-order valence-corrected chi connectivity index (χ3v) is 4.80. The van der Waals surface area contributed by atoms with Crippen LogP contribution < -0.4 is 10.1 Å². The molecule has 0 saturated carbocycles. The minimum absolute atomic E-state index is 0.115. The van der Waals surface area contributed by atoms with Crippen LogP contribution in [0.25, 0.3) is 6.08 Å². The Morgan fingerprint density at radius 3 is 2.81 bits per heavy atom. The summed E-state index contributed by atoms with van der Waals surface area (Å²) in [4.78, 5) is 36.6. The van der Waals surface area contributed by atoms with Gasteiger partial charge in [0.15, 0.2) is 6.61 Å². The number of esters is 1. The number of fused-ring (bicyclic) bond motifs is 1.